The molecular weight excluding hydrogens is 281 g/mol. The van der Waals surface area contributed by atoms with E-state index >= 15 is 0 Å². The highest BCUT2D eigenvalue weighted by Crippen LogP contribution is 2.31. The van der Waals surface area contributed by atoms with Gasteiger partial charge in [-0.25, -0.2) is 4.39 Å². The third-order valence-electron chi connectivity index (χ3n) is 3.31. The van der Waals surface area contributed by atoms with E-state index in [-0.39, 0.29) is 5.82 Å². The van der Waals surface area contributed by atoms with Crippen LogP contribution in [0.1, 0.15) is 5.56 Å². The number of benzene rings is 2. The molecular formula is C18H22FNO2. The first kappa shape index (κ1) is 16.5. The number of rotatable bonds is 8. The smallest absolute Gasteiger partial charge is 0.127 e. The highest BCUT2D eigenvalue weighted by atomic mass is 19.1. The monoisotopic (exact) mass is 303 g/mol. The van der Waals surface area contributed by atoms with Gasteiger partial charge in [0.15, 0.2) is 0 Å². The van der Waals surface area contributed by atoms with Crippen LogP contribution in [-0.4, -0.2) is 33.4 Å². The number of halogens is 1. The van der Waals surface area contributed by atoms with Crippen LogP contribution in [0, 0.1) is 12.7 Å². The van der Waals surface area contributed by atoms with Gasteiger partial charge in [-0.2, -0.15) is 0 Å². The minimum absolute atomic E-state index is 0.235. The Bertz CT molecular complexity index is 584. The molecule has 0 radical (unpaired) electrons. The molecule has 4 heteroatoms. The molecule has 0 amide bonds. The molecule has 2 aromatic rings. The lowest BCUT2D eigenvalue weighted by molar-refractivity contribution is 0.197. The average Bonchev–Trinajstić information content (AvgIpc) is 2.52. The van der Waals surface area contributed by atoms with E-state index < -0.39 is 0 Å². The molecule has 0 heterocycles. The molecule has 0 unspecified atom stereocenters. The zero-order valence-corrected chi connectivity index (χ0v) is 13.1. The van der Waals surface area contributed by atoms with E-state index in [1.54, 1.807) is 19.2 Å². The molecule has 118 valence electrons. The Morgan fingerprint density at radius 1 is 1.00 bits per heavy atom. The number of hydrogen-bond donors (Lipinski definition) is 1. The van der Waals surface area contributed by atoms with E-state index in [4.69, 9.17) is 9.47 Å². The van der Waals surface area contributed by atoms with E-state index in [9.17, 15) is 4.39 Å². The average molecular weight is 303 g/mol. The first-order valence-electron chi connectivity index (χ1n) is 7.40. The number of ether oxygens (including phenoxy) is 2. The van der Waals surface area contributed by atoms with Crippen LogP contribution in [0.3, 0.4) is 0 Å². The van der Waals surface area contributed by atoms with E-state index in [0.29, 0.717) is 13.2 Å². The lowest BCUT2D eigenvalue weighted by Gasteiger charge is -2.13. The van der Waals surface area contributed by atoms with Crippen molar-refractivity contribution in [2.75, 3.05) is 33.4 Å². The van der Waals surface area contributed by atoms with Crippen LogP contribution < -0.4 is 10.1 Å². The first-order valence-corrected chi connectivity index (χ1v) is 7.40. The lowest BCUT2D eigenvalue weighted by Crippen LogP contribution is -2.24. The fraction of sp³-hybridized carbons (Fsp3) is 0.333. The van der Waals surface area contributed by atoms with Gasteiger partial charge in [0.05, 0.1) is 6.61 Å². The molecule has 1 N–H and O–H groups in total. The predicted molar refractivity (Wildman–Crippen MR) is 86.8 cm³/mol. The van der Waals surface area contributed by atoms with Crippen LogP contribution >= 0.6 is 0 Å². The second-order valence-corrected chi connectivity index (χ2v) is 5.10. The molecule has 0 saturated heterocycles. The Hall–Kier alpha value is -1.91. The van der Waals surface area contributed by atoms with Gasteiger partial charge in [-0.1, -0.05) is 23.8 Å². The zero-order valence-electron chi connectivity index (χ0n) is 13.1. The molecule has 0 aromatic heterocycles. The van der Waals surface area contributed by atoms with Crippen molar-refractivity contribution in [3.8, 4) is 16.9 Å². The molecule has 0 fully saturated rings. The Morgan fingerprint density at radius 3 is 2.45 bits per heavy atom. The zero-order chi connectivity index (χ0) is 15.8. The van der Waals surface area contributed by atoms with Gasteiger partial charge in [0.25, 0.3) is 0 Å². The second kappa shape index (κ2) is 8.51. The van der Waals surface area contributed by atoms with Gasteiger partial charge in [-0.15, -0.1) is 0 Å². The van der Waals surface area contributed by atoms with Crippen LogP contribution in [0.2, 0.25) is 0 Å². The van der Waals surface area contributed by atoms with Crippen molar-refractivity contribution in [3.63, 3.8) is 0 Å². The van der Waals surface area contributed by atoms with Gasteiger partial charge in [-0.3, -0.25) is 0 Å². The number of methoxy groups -OCH3 is 1. The fourth-order valence-electron chi connectivity index (χ4n) is 2.16. The van der Waals surface area contributed by atoms with Crippen LogP contribution in [-0.2, 0) is 4.74 Å². The van der Waals surface area contributed by atoms with Gasteiger partial charge in [-0.05, 0) is 36.8 Å². The Balaban J connectivity index is 2.03. The minimum atomic E-state index is -0.235. The maximum atomic E-state index is 13.1. The van der Waals surface area contributed by atoms with Crippen LogP contribution in [0.4, 0.5) is 4.39 Å². The van der Waals surface area contributed by atoms with Gasteiger partial charge in [0.1, 0.15) is 18.2 Å². The standard InChI is InChI=1S/C18H22FNO2/c1-14-3-8-18(22-12-10-20-9-11-21-2)17(13-14)15-4-6-16(19)7-5-15/h3-8,13,20H,9-12H2,1-2H3. The molecule has 22 heavy (non-hydrogen) atoms. The SMILES string of the molecule is COCCNCCOc1ccc(C)cc1-c1ccc(F)cc1. The molecule has 0 spiro atoms. The normalized spacial score (nSPS) is 10.7. The third-order valence-corrected chi connectivity index (χ3v) is 3.31. The van der Waals surface area contributed by atoms with Crippen molar-refractivity contribution in [1.29, 1.82) is 0 Å². The summed E-state index contributed by atoms with van der Waals surface area (Å²) in [5.74, 6) is 0.576. The van der Waals surface area contributed by atoms with Crippen molar-refractivity contribution in [1.82, 2.24) is 5.32 Å². The number of nitrogens with one attached hydrogen (secondary N) is 1. The van der Waals surface area contributed by atoms with Crippen molar-refractivity contribution in [3.05, 3.63) is 53.8 Å². The van der Waals surface area contributed by atoms with E-state index in [1.807, 2.05) is 19.1 Å². The summed E-state index contributed by atoms with van der Waals surface area (Å²) in [5, 5.41) is 3.24. The number of hydrogen-bond acceptors (Lipinski definition) is 3. The van der Waals surface area contributed by atoms with Gasteiger partial charge < -0.3 is 14.8 Å². The Kier molecular flexibility index (Phi) is 6.37. The first-order chi connectivity index (χ1) is 10.7. The molecule has 0 saturated carbocycles. The molecule has 0 bridgehead atoms. The Morgan fingerprint density at radius 2 is 1.73 bits per heavy atom. The van der Waals surface area contributed by atoms with Crippen molar-refractivity contribution in [2.24, 2.45) is 0 Å². The Labute approximate surface area is 131 Å². The van der Waals surface area contributed by atoms with Crippen LogP contribution in [0.5, 0.6) is 5.75 Å². The summed E-state index contributed by atoms with van der Waals surface area (Å²) in [6, 6.07) is 12.5. The highest BCUT2D eigenvalue weighted by molar-refractivity contribution is 5.71. The molecule has 0 aliphatic rings. The molecule has 0 aliphatic carbocycles. The summed E-state index contributed by atoms with van der Waals surface area (Å²) in [4.78, 5) is 0. The summed E-state index contributed by atoms with van der Waals surface area (Å²) >= 11 is 0. The van der Waals surface area contributed by atoms with Gasteiger partial charge >= 0.3 is 0 Å². The second-order valence-electron chi connectivity index (χ2n) is 5.10. The highest BCUT2D eigenvalue weighted by Gasteiger charge is 2.07. The van der Waals surface area contributed by atoms with Crippen molar-refractivity contribution < 1.29 is 13.9 Å². The van der Waals surface area contributed by atoms with E-state index in [0.717, 1.165) is 35.5 Å². The van der Waals surface area contributed by atoms with Crippen molar-refractivity contribution >= 4 is 0 Å². The summed E-state index contributed by atoms with van der Waals surface area (Å²) in [6.45, 7) is 4.84. The summed E-state index contributed by atoms with van der Waals surface area (Å²) < 4.78 is 23.9. The van der Waals surface area contributed by atoms with E-state index in [1.165, 1.54) is 12.1 Å². The maximum Gasteiger partial charge on any atom is 0.127 e. The topological polar surface area (TPSA) is 30.5 Å². The molecule has 0 aliphatic heterocycles. The lowest BCUT2D eigenvalue weighted by atomic mass is 10.0. The summed E-state index contributed by atoms with van der Waals surface area (Å²) in [7, 11) is 1.68. The van der Waals surface area contributed by atoms with Gasteiger partial charge in [0, 0.05) is 25.8 Å². The van der Waals surface area contributed by atoms with Crippen LogP contribution in [0.25, 0.3) is 11.1 Å². The molecule has 2 rings (SSSR count). The maximum absolute atomic E-state index is 13.1. The molecule has 0 atom stereocenters. The molecule has 2 aromatic carbocycles. The number of aryl methyl sites for hydroxylation is 1. The molecule has 3 nitrogen and oxygen atoms in total. The van der Waals surface area contributed by atoms with Crippen LogP contribution in [0.15, 0.2) is 42.5 Å². The summed E-state index contributed by atoms with van der Waals surface area (Å²) in [6.07, 6.45) is 0. The minimum Gasteiger partial charge on any atom is -0.492 e. The largest absolute Gasteiger partial charge is 0.492 e. The third kappa shape index (κ3) is 4.83. The quantitative estimate of drug-likeness (QED) is 0.758. The van der Waals surface area contributed by atoms with E-state index in [2.05, 4.69) is 11.4 Å². The predicted octanol–water partition coefficient (Wildman–Crippen LogP) is 3.42. The summed E-state index contributed by atoms with van der Waals surface area (Å²) in [5.41, 5.74) is 3.08. The fourth-order valence-corrected chi connectivity index (χ4v) is 2.16. The van der Waals surface area contributed by atoms with Crippen molar-refractivity contribution in [2.45, 2.75) is 6.92 Å². The van der Waals surface area contributed by atoms with Gasteiger partial charge in [0.2, 0.25) is 0 Å².